The molecule has 0 saturated carbocycles. The van der Waals surface area contributed by atoms with Crippen molar-refractivity contribution in [3.05, 3.63) is 22.6 Å². The first-order chi connectivity index (χ1) is 15.4. The highest BCUT2D eigenvalue weighted by Crippen LogP contribution is 2.36. The molecule has 8 nitrogen and oxygen atoms in total. The van der Waals surface area contributed by atoms with Gasteiger partial charge in [0.25, 0.3) is 0 Å². The zero-order chi connectivity index (χ0) is 22.3. The summed E-state index contributed by atoms with van der Waals surface area (Å²) in [5, 5.41) is 11.5. The number of hydrogen-bond donors (Lipinski definition) is 1. The second kappa shape index (κ2) is 9.59. The fraction of sp³-hybridized carbons (Fsp3) is 0.600. The van der Waals surface area contributed by atoms with Crippen molar-refractivity contribution in [3.63, 3.8) is 0 Å². The van der Waals surface area contributed by atoms with Crippen molar-refractivity contribution in [2.24, 2.45) is 0 Å². The summed E-state index contributed by atoms with van der Waals surface area (Å²) >= 11 is 1.61. The van der Waals surface area contributed by atoms with Crippen LogP contribution in [0.2, 0.25) is 0 Å². The van der Waals surface area contributed by atoms with E-state index in [-0.39, 0.29) is 38.8 Å². The first kappa shape index (κ1) is 24.0. The van der Waals surface area contributed by atoms with Gasteiger partial charge in [-0.2, -0.15) is 23.1 Å². The number of nitrogens with zero attached hydrogens (tertiary/aromatic N) is 6. The van der Waals surface area contributed by atoms with Gasteiger partial charge in [0.15, 0.2) is 5.82 Å². The smallest absolute Gasteiger partial charge is 0.451 e. The molecule has 0 radical (unpaired) electrons. The van der Waals surface area contributed by atoms with E-state index in [0.717, 1.165) is 47.0 Å². The van der Waals surface area contributed by atoms with Gasteiger partial charge in [0, 0.05) is 25.4 Å². The minimum Gasteiger partial charge on any atom is -0.462 e. The summed E-state index contributed by atoms with van der Waals surface area (Å²) in [5.41, 5.74) is 0. The molecule has 1 atom stereocenters. The van der Waals surface area contributed by atoms with Crippen molar-refractivity contribution in [3.8, 4) is 6.01 Å². The number of anilines is 1. The van der Waals surface area contributed by atoms with E-state index in [1.165, 1.54) is 4.88 Å². The molecule has 182 valence electrons. The fourth-order valence-electron chi connectivity index (χ4n) is 4.23. The van der Waals surface area contributed by atoms with Crippen LogP contribution in [0.5, 0.6) is 6.01 Å². The van der Waals surface area contributed by atoms with Crippen LogP contribution in [-0.2, 0) is 25.7 Å². The molecule has 3 aromatic rings. The second-order valence-corrected chi connectivity index (χ2v) is 9.24. The van der Waals surface area contributed by atoms with Crippen molar-refractivity contribution in [1.82, 2.24) is 30.0 Å². The maximum absolute atomic E-state index is 13.2. The second-order valence-electron chi connectivity index (χ2n) is 8.13. The summed E-state index contributed by atoms with van der Waals surface area (Å²) in [6.07, 6.45) is -0.393. The summed E-state index contributed by atoms with van der Waals surface area (Å²) in [7, 11) is 0. The number of aryl methyl sites for hydroxylation is 1. The van der Waals surface area contributed by atoms with Crippen molar-refractivity contribution >= 4 is 39.8 Å². The van der Waals surface area contributed by atoms with Gasteiger partial charge >= 0.3 is 12.2 Å². The summed E-state index contributed by atoms with van der Waals surface area (Å²) in [6, 6.07) is 2.67. The first-order valence-corrected chi connectivity index (χ1v) is 11.6. The van der Waals surface area contributed by atoms with E-state index in [1.54, 1.807) is 11.3 Å². The van der Waals surface area contributed by atoms with Gasteiger partial charge in [0.05, 0.1) is 11.9 Å². The van der Waals surface area contributed by atoms with Crippen molar-refractivity contribution in [2.75, 3.05) is 24.6 Å². The van der Waals surface area contributed by atoms with Gasteiger partial charge in [-0.3, -0.25) is 0 Å². The minimum atomic E-state index is -4.52. The van der Waals surface area contributed by atoms with E-state index in [4.69, 9.17) is 4.74 Å². The Bertz CT molecular complexity index is 1120. The topological polar surface area (TPSA) is 81.0 Å². The van der Waals surface area contributed by atoms with Crippen LogP contribution in [0.1, 0.15) is 44.1 Å². The molecule has 3 aromatic heterocycles. The SMILES string of the molecule is CCCc1cc2c(N3CCn4c(nnc4C(F)(F)F)C3)nc(OC[C@@H]3CCCN3)nc2s1.Cl.[HH]. The monoisotopic (exact) mass is 505 g/mol. The van der Waals surface area contributed by atoms with Gasteiger partial charge in [-0.1, -0.05) is 13.3 Å². The molecule has 0 amide bonds. The predicted octanol–water partition coefficient (Wildman–Crippen LogP) is 4.07. The molecule has 2 aliphatic rings. The normalized spacial score (nSPS) is 18.4. The van der Waals surface area contributed by atoms with E-state index in [9.17, 15) is 13.2 Å². The molecular formula is C20H27ClF3N7OS. The van der Waals surface area contributed by atoms with Crippen LogP contribution in [0.3, 0.4) is 0 Å². The maximum atomic E-state index is 13.2. The third-order valence-electron chi connectivity index (χ3n) is 5.78. The van der Waals surface area contributed by atoms with Gasteiger partial charge in [-0.05, 0) is 31.9 Å². The van der Waals surface area contributed by atoms with Crippen LogP contribution in [0.25, 0.3) is 10.2 Å². The van der Waals surface area contributed by atoms with Gasteiger partial charge in [-0.15, -0.1) is 33.9 Å². The van der Waals surface area contributed by atoms with E-state index < -0.39 is 12.0 Å². The Kier molecular flexibility index (Phi) is 6.96. The Labute approximate surface area is 200 Å². The number of halogens is 4. The summed E-state index contributed by atoms with van der Waals surface area (Å²) in [6.45, 7) is 4.29. The molecule has 2 aliphatic heterocycles. The Morgan fingerprint density at radius 1 is 1.27 bits per heavy atom. The average Bonchev–Trinajstić information content (AvgIpc) is 3.49. The lowest BCUT2D eigenvalue weighted by molar-refractivity contribution is -0.147. The minimum absolute atomic E-state index is 0. The standard InChI is InChI=1S/C20H24F3N7OS.ClH.H2/c1-2-4-13-9-14-16(25-19(26-17(14)32-13)31-11-12-5-3-6-24-12)29-7-8-30-15(10-29)27-28-18(30)20(21,22)23;;/h9,12,24H,2-8,10-11H2,1H3;2*1H/t12-;;/m0../s1. The highest BCUT2D eigenvalue weighted by atomic mass is 35.5. The number of fused-ring (bicyclic) bond motifs is 2. The highest BCUT2D eigenvalue weighted by Gasteiger charge is 2.39. The van der Waals surface area contributed by atoms with E-state index in [1.807, 2.05) is 4.90 Å². The number of rotatable bonds is 6. The molecule has 33 heavy (non-hydrogen) atoms. The Morgan fingerprint density at radius 3 is 2.85 bits per heavy atom. The molecular weight excluding hydrogens is 479 g/mol. The molecule has 0 aliphatic carbocycles. The van der Waals surface area contributed by atoms with E-state index in [2.05, 4.69) is 38.5 Å². The first-order valence-electron chi connectivity index (χ1n) is 10.8. The van der Waals surface area contributed by atoms with E-state index >= 15 is 0 Å². The van der Waals surface area contributed by atoms with Crippen LogP contribution < -0.4 is 15.0 Å². The van der Waals surface area contributed by atoms with Gasteiger partial charge < -0.3 is 19.5 Å². The number of nitrogens with one attached hydrogen (secondary N) is 1. The van der Waals surface area contributed by atoms with Crippen LogP contribution in [0, 0.1) is 0 Å². The van der Waals surface area contributed by atoms with Crippen molar-refractivity contribution in [1.29, 1.82) is 0 Å². The third kappa shape index (κ3) is 4.87. The lowest BCUT2D eigenvalue weighted by atomic mass is 10.2. The van der Waals surface area contributed by atoms with Crippen LogP contribution >= 0.6 is 23.7 Å². The van der Waals surface area contributed by atoms with Gasteiger partial charge in [0.1, 0.15) is 17.3 Å². The molecule has 13 heteroatoms. The van der Waals surface area contributed by atoms with Crippen molar-refractivity contribution in [2.45, 2.75) is 57.9 Å². The summed E-state index contributed by atoms with van der Waals surface area (Å²) in [4.78, 5) is 13.3. The third-order valence-corrected chi connectivity index (χ3v) is 6.87. The van der Waals surface area contributed by atoms with Crippen LogP contribution in [-0.4, -0.2) is 50.5 Å². The lowest BCUT2D eigenvalue weighted by Gasteiger charge is -2.29. The number of alkyl halides is 3. The highest BCUT2D eigenvalue weighted by molar-refractivity contribution is 7.18. The average molecular weight is 506 g/mol. The molecule has 1 N–H and O–H groups in total. The Morgan fingerprint density at radius 2 is 2.12 bits per heavy atom. The lowest BCUT2D eigenvalue weighted by Crippen LogP contribution is -2.36. The largest absolute Gasteiger partial charge is 0.462 e. The number of ether oxygens (including phenoxy) is 1. The van der Waals surface area contributed by atoms with Crippen LogP contribution in [0.4, 0.5) is 19.0 Å². The van der Waals surface area contributed by atoms with Crippen LogP contribution in [0.15, 0.2) is 6.07 Å². The number of aromatic nitrogens is 5. The zero-order valence-corrected chi connectivity index (χ0v) is 19.7. The summed E-state index contributed by atoms with van der Waals surface area (Å²) in [5.74, 6) is -0.00315. The molecule has 0 spiro atoms. The summed E-state index contributed by atoms with van der Waals surface area (Å²) < 4.78 is 46.7. The molecule has 1 saturated heterocycles. The number of thiophene rings is 1. The fourth-order valence-corrected chi connectivity index (χ4v) is 5.35. The zero-order valence-electron chi connectivity index (χ0n) is 18.1. The molecule has 0 bridgehead atoms. The Balaban J connectivity index is 0.00000162. The van der Waals surface area contributed by atoms with E-state index in [0.29, 0.717) is 25.0 Å². The van der Waals surface area contributed by atoms with Gasteiger partial charge in [0.2, 0.25) is 5.82 Å². The van der Waals surface area contributed by atoms with Gasteiger partial charge in [-0.25, -0.2) is 0 Å². The molecule has 5 heterocycles. The molecule has 0 aromatic carbocycles. The Hall–Kier alpha value is -2.18. The quantitative estimate of drug-likeness (QED) is 0.540. The molecule has 5 rings (SSSR count). The molecule has 1 fully saturated rings. The predicted molar refractivity (Wildman–Crippen MR) is 123 cm³/mol. The number of hydrogen-bond acceptors (Lipinski definition) is 8. The molecule has 0 unspecified atom stereocenters. The van der Waals surface area contributed by atoms with Crippen molar-refractivity contribution < 1.29 is 19.3 Å². The maximum Gasteiger partial charge on any atom is 0.451 e.